The Morgan fingerprint density at radius 1 is 1.31 bits per heavy atom. The van der Waals surface area contributed by atoms with Crippen molar-refractivity contribution in [3.05, 3.63) is 24.3 Å². The van der Waals surface area contributed by atoms with Gasteiger partial charge in [0, 0.05) is 11.3 Å². The van der Waals surface area contributed by atoms with Gasteiger partial charge in [0.15, 0.2) is 0 Å². The Hall–Kier alpha value is -1.16. The minimum absolute atomic E-state index is 0.217. The van der Waals surface area contributed by atoms with Crippen molar-refractivity contribution in [2.45, 2.75) is 24.2 Å². The molecular weight excluding hydrogens is 224 g/mol. The smallest absolute Gasteiger partial charge is 0.303 e. The minimum atomic E-state index is -0.746. The van der Waals surface area contributed by atoms with Gasteiger partial charge in [-0.15, -0.1) is 11.8 Å². The van der Waals surface area contributed by atoms with Crippen LogP contribution >= 0.6 is 11.8 Å². The molecule has 1 rings (SSSR count). The van der Waals surface area contributed by atoms with Gasteiger partial charge in [0.2, 0.25) is 0 Å². The SMILES string of the molecule is CSc1ccc(OCCCCC(=O)O)cc1. The first-order valence-electron chi connectivity index (χ1n) is 5.21. The molecule has 0 aliphatic rings. The topological polar surface area (TPSA) is 46.5 Å². The van der Waals surface area contributed by atoms with E-state index in [9.17, 15) is 4.79 Å². The van der Waals surface area contributed by atoms with Crippen LogP contribution in [0.5, 0.6) is 5.75 Å². The predicted octanol–water partition coefficient (Wildman–Crippen LogP) is 3.04. The molecule has 0 aliphatic heterocycles. The van der Waals surface area contributed by atoms with Crippen molar-refractivity contribution in [2.24, 2.45) is 0 Å². The quantitative estimate of drug-likeness (QED) is 0.588. The lowest BCUT2D eigenvalue weighted by atomic mass is 10.2. The summed E-state index contributed by atoms with van der Waals surface area (Å²) in [5.74, 6) is 0.0949. The summed E-state index contributed by atoms with van der Waals surface area (Å²) in [7, 11) is 0. The number of unbranched alkanes of at least 4 members (excludes halogenated alkanes) is 1. The standard InChI is InChI=1S/C12H16O3S/c1-16-11-7-5-10(6-8-11)15-9-3-2-4-12(13)14/h5-8H,2-4,9H2,1H3,(H,13,14). The van der Waals surface area contributed by atoms with E-state index in [4.69, 9.17) is 9.84 Å². The summed E-state index contributed by atoms with van der Waals surface area (Å²) in [6.45, 7) is 0.575. The Morgan fingerprint density at radius 2 is 2.00 bits per heavy atom. The van der Waals surface area contributed by atoms with Crippen LogP contribution in [-0.4, -0.2) is 23.9 Å². The van der Waals surface area contributed by atoms with E-state index in [1.54, 1.807) is 11.8 Å². The van der Waals surface area contributed by atoms with E-state index < -0.39 is 5.97 Å². The molecule has 1 aromatic carbocycles. The summed E-state index contributed by atoms with van der Waals surface area (Å²) in [4.78, 5) is 11.5. The zero-order chi connectivity index (χ0) is 11.8. The summed E-state index contributed by atoms with van der Waals surface area (Å²) >= 11 is 1.69. The maximum absolute atomic E-state index is 10.3. The van der Waals surface area contributed by atoms with Crippen LogP contribution in [0, 0.1) is 0 Å². The number of carbonyl (C=O) groups is 1. The second-order valence-corrected chi connectivity index (χ2v) is 4.25. The molecule has 4 heteroatoms. The van der Waals surface area contributed by atoms with Gasteiger partial charge in [-0.2, -0.15) is 0 Å². The van der Waals surface area contributed by atoms with Gasteiger partial charge in [-0.05, 0) is 43.4 Å². The summed E-state index contributed by atoms with van der Waals surface area (Å²) < 4.78 is 5.49. The molecule has 0 unspecified atom stereocenters. The first kappa shape index (κ1) is 12.9. The number of hydrogen-bond acceptors (Lipinski definition) is 3. The molecule has 0 aromatic heterocycles. The van der Waals surface area contributed by atoms with Crippen LogP contribution in [0.4, 0.5) is 0 Å². The van der Waals surface area contributed by atoms with E-state index in [0.717, 1.165) is 12.2 Å². The lowest BCUT2D eigenvalue weighted by molar-refractivity contribution is -0.137. The molecule has 1 aromatic rings. The maximum atomic E-state index is 10.3. The van der Waals surface area contributed by atoms with Crippen molar-refractivity contribution < 1.29 is 14.6 Å². The lowest BCUT2D eigenvalue weighted by Crippen LogP contribution is -2.00. The highest BCUT2D eigenvalue weighted by Gasteiger charge is 1.97. The number of ether oxygens (including phenoxy) is 1. The fourth-order valence-corrected chi connectivity index (χ4v) is 1.65. The first-order valence-corrected chi connectivity index (χ1v) is 6.43. The van der Waals surface area contributed by atoms with Gasteiger partial charge in [0.1, 0.15) is 5.75 Å². The molecule has 0 atom stereocenters. The Kier molecular flexibility index (Phi) is 5.78. The highest BCUT2D eigenvalue weighted by atomic mass is 32.2. The van der Waals surface area contributed by atoms with Crippen molar-refractivity contribution in [1.29, 1.82) is 0 Å². The van der Waals surface area contributed by atoms with Gasteiger partial charge < -0.3 is 9.84 Å². The number of carboxylic acid groups (broad SMARTS) is 1. The van der Waals surface area contributed by atoms with Gasteiger partial charge in [0.25, 0.3) is 0 Å². The van der Waals surface area contributed by atoms with Crippen LogP contribution in [0.25, 0.3) is 0 Å². The Morgan fingerprint density at radius 3 is 2.56 bits per heavy atom. The largest absolute Gasteiger partial charge is 0.494 e. The molecule has 0 saturated heterocycles. The number of thioether (sulfide) groups is 1. The molecule has 0 amide bonds. The Bertz CT molecular complexity index is 322. The third kappa shape index (κ3) is 5.07. The summed E-state index contributed by atoms with van der Waals surface area (Å²) in [5, 5.41) is 8.44. The fourth-order valence-electron chi connectivity index (χ4n) is 1.24. The second-order valence-electron chi connectivity index (χ2n) is 3.37. The highest BCUT2D eigenvalue weighted by Crippen LogP contribution is 2.19. The van der Waals surface area contributed by atoms with E-state index in [0.29, 0.717) is 13.0 Å². The molecule has 0 aliphatic carbocycles. The van der Waals surface area contributed by atoms with Crippen molar-refractivity contribution >= 4 is 17.7 Å². The number of aliphatic carboxylic acids is 1. The Labute approximate surface area is 99.8 Å². The second kappa shape index (κ2) is 7.17. The lowest BCUT2D eigenvalue weighted by Gasteiger charge is -2.05. The first-order chi connectivity index (χ1) is 7.72. The highest BCUT2D eigenvalue weighted by molar-refractivity contribution is 7.98. The van der Waals surface area contributed by atoms with Crippen LogP contribution < -0.4 is 4.74 Å². The maximum Gasteiger partial charge on any atom is 0.303 e. The molecule has 0 radical (unpaired) electrons. The molecule has 0 fully saturated rings. The fraction of sp³-hybridized carbons (Fsp3) is 0.417. The van der Waals surface area contributed by atoms with Crippen LogP contribution in [-0.2, 0) is 4.79 Å². The van der Waals surface area contributed by atoms with E-state index in [-0.39, 0.29) is 6.42 Å². The number of hydrogen-bond donors (Lipinski definition) is 1. The number of rotatable bonds is 7. The summed E-state index contributed by atoms with van der Waals surface area (Å²) in [6, 6.07) is 7.89. The summed E-state index contributed by atoms with van der Waals surface area (Å²) in [5.41, 5.74) is 0. The molecule has 88 valence electrons. The van der Waals surface area contributed by atoms with Crippen molar-refractivity contribution in [3.8, 4) is 5.75 Å². The van der Waals surface area contributed by atoms with Crippen LogP contribution in [0.2, 0.25) is 0 Å². The number of carboxylic acids is 1. The monoisotopic (exact) mass is 240 g/mol. The molecule has 0 saturated carbocycles. The molecule has 3 nitrogen and oxygen atoms in total. The molecule has 0 spiro atoms. The molecule has 0 bridgehead atoms. The van der Waals surface area contributed by atoms with E-state index in [1.165, 1.54) is 4.90 Å². The van der Waals surface area contributed by atoms with Crippen LogP contribution in [0.15, 0.2) is 29.2 Å². The van der Waals surface area contributed by atoms with E-state index >= 15 is 0 Å². The normalized spacial score (nSPS) is 10.1. The zero-order valence-electron chi connectivity index (χ0n) is 9.31. The van der Waals surface area contributed by atoms with Gasteiger partial charge in [-0.25, -0.2) is 0 Å². The van der Waals surface area contributed by atoms with E-state index in [2.05, 4.69) is 0 Å². The van der Waals surface area contributed by atoms with E-state index in [1.807, 2.05) is 30.5 Å². The Balaban J connectivity index is 2.19. The molecule has 16 heavy (non-hydrogen) atoms. The third-order valence-electron chi connectivity index (χ3n) is 2.11. The number of benzene rings is 1. The van der Waals surface area contributed by atoms with Crippen molar-refractivity contribution in [1.82, 2.24) is 0 Å². The summed E-state index contributed by atoms with van der Waals surface area (Å²) in [6.07, 6.45) is 3.69. The van der Waals surface area contributed by atoms with Gasteiger partial charge in [-0.1, -0.05) is 0 Å². The third-order valence-corrected chi connectivity index (χ3v) is 2.86. The van der Waals surface area contributed by atoms with Gasteiger partial charge in [0.05, 0.1) is 6.61 Å². The molecule has 1 N–H and O–H groups in total. The average molecular weight is 240 g/mol. The van der Waals surface area contributed by atoms with Crippen molar-refractivity contribution in [2.75, 3.05) is 12.9 Å². The van der Waals surface area contributed by atoms with Gasteiger partial charge >= 0.3 is 5.97 Å². The minimum Gasteiger partial charge on any atom is -0.494 e. The van der Waals surface area contributed by atoms with Crippen LogP contribution in [0.1, 0.15) is 19.3 Å². The van der Waals surface area contributed by atoms with Gasteiger partial charge in [-0.3, -0.25) is 4.79 Å². The zero-order valence-corrected chi connectivity index (χ0v) is 10.1. The van der Waals surface area contributed by atoms with Crippen LogP contribution in [0.3, 0.4) is 0 Å². The average Bonchev–Trinajstić information content (AvgIpc) is 2.29. The predicted molar refractivity (Wildman–Crippen MR) is 65.2 cm³/mol. The molecule has 0 heterocycles. The van der Waals surface area contributed by atoms with Crippen molar-refractivity contribution in [3.63, 3.8) is 0 Å². The molecular formula is C12H16O3S.